The number of hydrogen-bond acceptors (Lipinski definition) is 4. The second kappa shape index (κ2) is 5.32. The van der Waals surface area contributed by atoms with Gasteiger partial charge in [-0.05, 0) is 37.1 Å². The van der Waals surface area contributed by atoms with Crippen molar-refractivity contribution < 1.29 is 8.42 Å². The standard InChI is InChI=1S/C14H18N2O2S/c1-11-7-13(8-15)3-4-14(11)9-16-5-6-19(17,18)10-12(16)2/h3-4,7,12H,5-6,9-10H2,1-2H3. The Morgan fingerprint density at radius 2 is 2.21 bits per heavy atom. The average Bonchev–Trinajstić information content (AvgIpc) is 2.34. The van der Waals surface area contributed by atoms with Crippen molar-refractivity contribution in [2.24, 2.45) is 0 Å². The number of aryl methyl sites for hydroxylation is 1. The Balaban J connectivity index is 2.12. The summed E-state index contributed by atoms with van der Waals surface area (Å²) >= 11 is 0. The molecule has 0 N–H and O–H groups in total. The van der Waals surface area contributed by atoms with E-state index in [1.165, 1.54) is 0 Å². The van der Waals surface area contributed by atoms with Gasteiger partial charge in [0.05, 0.1) is 23.1 Å². The van der Waals surface area contributed by atoms with E-state index in [0.717, 1.165) is 17.7 Å². The Kier molecular flexibility index (Phi) is 3.93. The van der Waals surface area contributed by atoms with Crippen molar-refractivity contribution in [1.29, 1.82) is 5.26 Å². The molecular formula is C14H18N2O2S. The van der Waals surface area contributed by atoms with Gasteiger partial charge in [-0.25, -0.2) is 8.42 Å². The molecule has 19 heavy (non-hydrogen) atoms. The minimum absolute atomic E-state index is 0.0498. The molecule has 102 valence electrons. The van der Waals surface area contributed by atoms with E-state index in [-0.39, 0.29) is 17.5 Å². The minimum Gasteiger partial charge on any atom is -0.294 e. The van der Waals surface area contributed by atoms with Gasteiger partial charge in [-0.2, -0.15) is 5.26 Å². The average molecular weight is 278 g/mol. The van der Waals surface area contributed by atoms with Crippen LogP contribution in [0.15, 0.2) is 18.2 Å². The fraction of sp³-hybridized carbons (Fsp3) is 0.500. The molecule has 1 aromatic rings. The van der Waals surface area contributed by atoms with Crippen molar-refractivity contribution in [3.05, 3.63) is 34.9 Å². The number of rotatable bonds is 2. The SMILES string of the molecule is Cc1cc(C#N)ccc1CN1CCS(=O)(=O)CC1C. The van der Waals surface area contributed by atoms with Gasteiger partial charge in [-0.15, -0.1) is 0 Å². The van der Waals surface area contributed by atoms with E-state index in [4.69, 9.17) is 5.26 Å². The van der Waals surface area contributed by atoms with Crippen molar-refractivity contribution in [1.82, 2.24) is 4.90 Å². The fourth-order valence-corrected chi connectivity index (χ4v) is 4.05. The molecule has 0 amide bonds. The van der Waals surface area contributed by atoms with E-state index in [2.05, 4.69) is 11.0 Å². The summed E-state index contributed by atoms with van der Waals surface area (Å²) in [6, 6.07) is 7.83. The molecule has 1 aliphatic heterocycles. The summed E-state index contributed by atoms with van der Waals surface area (Å²) in [7, 11) is -2.86. The van der Waals surface area contributed by atoms with Crippen molar-refractivity contribution in [2.75, 3.05) is 18.1 Å². The predicted octanol–water partition coefficient (Wildman–Crippen LogP) is 1.49. The van der Waals surface area contributed by atoms with E-state index in [1.807, 2.05) is 32.0 Å². The van der Waals surface area contributed by atoms with Gasteiger partial charge in [0.25, 0.3) is 0 Å². The lowest BCUT2D eigenvalue weighted by Gasteiger charge is -2.33. The molecule has 0 bridgehead atoms. The molecule has 0 saturated carbocycles. The molecule has 0 spiro atoms. The molecule has 1 unspecified atom stereocenters. The third-order valence-electron chi connectivity index (χ3n) is 3.65. The molecular weight excluding hydrogens is 260 g/mol. The molecule has 4 nitrogen and oxygen atoms in total. The van der Waals surface area contributed by atoms with Crippen LogP contribution < -0.4 is 0 Å². The third-order valence-corrected chi connectivity index (χ3v) is 5.45. The Hall–Kier alpha value is -1.38. The van der Waals surface area contributed by atoms with Gasteiger partial charge in [-0.1, -0.05) is 6.07 Å². The smallest absolute Gasteiger partial charge is 0.153 e. The van der Waals surface area contributed by atoms with Crippen molar-refractivity contribution in [3.8, 4) is 6.07 Å². The summed E-state index contributed by atoms with van der Waals surface area (Å²) < 4.78 is 23.1. The first-order chi connectivity index (χ1) is 8.91. The molecule has 1 heterocycles. The zero-order valence-electron chi connectivity index (χ0n) is 11.3. The van der Waals surface area contributed by atoms with E-state index >= 15 is 0 Å². The fourth-order valence-electron chi connectivity index (χ4n) is 2.43. The second-order valence-electron chi connectivity index (χ2n) is 5.19. The lowest BCUT2D eigenvalue weighted by molar-refractivity contribution is 0.218. The molecule has 1 aromatic carbocycles. The highest BCUT2D eigenvalue weighted by atomic mass is 32.2. The maximum absolute atomic E-state index is 11.5. The molecule has 5 heteroatoms. The van der Waals surface area contributed by atoms with Gasteiger partial charge in [-0.3, -0.25) is 4.90 Å². The molecule has 0 aromatic heterocycles. The first kappa shape index (κ1) is 14.0. The number of nitrogens with zero attached hydrogens (tertiary/aromatic N) is 2. The minimum atomic E-state index is -2.86. The van der Waals surface area contributed by atoms with Crippen molar-refractivity contribution in [2.45, 2.75) is 26.4 Å². The molecule has 0 aliphatic carbocycles. The lowest BCUT2D eigenvalue weighted by atomic mass is 10.0. The van der Waals surface area contributed by atoms with Crippen LogP contribution in [0.3, 0.4) is 0 Å². The third kappa shape index (κ3) is 3.34. The highest BCUT2D eigenvalue weighted by Gasteiger charge is 2.28. The van der Waals surface area contributed by atoms with Crippen LogP contribution in [-0.4, -0.2) is 37.4 Å². The molecule has 0 radical (unpaired) electrons. The Labute approximate surface area is 114 Å². The molecule has 1 aliphatic rings. The van der Waals surface area contributed by atoms with Gasteiger partial charge in [0, 0.05) is 19.1 Å². The number of sulfone groups is 1. The van der Waals surface area contributed by atoms with E-state index < -0.39 is 9.84 Å². The molecule has 1 saturated heterocycles. The van der Waals surface area contributed by atoms with Crippen LogP contribution in [0, 0.1) is 18.3 Å². The van der Waals surface area contributed by atoms with Crippen molar-refractivity contribution in [3.63, 3.8) is 0 Å². The summed E-state index contributed by atoms with van der Waals surface area (Å²) in [6.07, 6.45) is 0. The number of benzene rings is 1. The van der Waals surface area contributed by atoms with E-state index in [0.29, 0.717) is 12.1 Å². The largest absolute Gasteiger partial charge is 0.294 e. The summed E-state index contributed by atoms with van der Waals surface area (Å²) in [6.45, 7) is 5.27. The van der Waals surface area contributed by atoms with Gasteiger partial charge in [0.2, 0.25) is 0 Å². The topological polar surface area (TPSA) is 61.2 Å². The zero-order valence-corrected chi connectivity index (χ0v) is 12.1. The Morgan fingerprint density at radius 3 is 2.79 bits per heavy atom. The first-order valence-electron chi connectivity index (χ1n) is 6.35. The van der Waals surface area contributed by atoms with Crippen molar-refractivity contribution >= 4 is 9.84 Å². The highest BCUT2D eigenvalue weighted by molar-refractivity contribution is 7.91. The van der Waals surface area contributed by atoms with Crippen LogP contribution in [0.1, 0.15) is 23.6 Å². The molecule has 1 atom stereocenters. The second-order valence-corrected chi connectivity index (χ2v) is 7.42. The van der Waals surface area contributed by atoms with Crippen LogP contribution in [0.2, 0.25) is 0 Å². The normalized spacial score (nSPS) is 22.9. The van der Waals surface area contributed by atoms with Crippen LogP contribution in [0.5, 0.6) is 0 Å². The highest BCUT2D eigenvalue weighted by Crippen LogP contribution is 2.18. The lowest BCUT2D eigenvalue weighted by Crippen LogP contribution is -2.46. The summed E-state index contributed by atoms with van der Waals surface area (Å²) in [4.78, 5) is 2.19. The summed E-state index contributed by atoms with van der Waals surface area (Å²) in [5.74, 6) is 0.481. The van der Waals surface area contributed by atoms with Crippen LogP contribution in [0.25, 0.3) is 0 Å². The van der Waals surface area contributed by atoms with Crippen LogP contribution in [-0.2, 0) is 16.4 Å². The first-order valence-corrected chi connectivity index (χ1v) is 8.17. The number of nitriles is 1. The van der Waals surface area contributed by atoms with Crippen LogP contribution in [0.4, 0.5) is 0 Å². The maximum Gasteiger partial charge on any atom is 0.153 e. The monoisotopic (exact) mass is 278 g/mol. The predicted molar refractivity (Wildman–Crippen MR) is 74.4 cm³/mol. The number of hydrogen-bond donors (Lipinski definition) is 0. The van der Waals surface area contributed by atoms with Crippen LogP contribution >= 0.6 is 0 Å². The van der Waals surface area contributed by atoms with E-state index in [9.17, 15) is 8.42 Å². The maximum atomic E-state index is 11.5. The van der Waals surface area contributed by atoms with Gasteiger partial charge >= 0.3 is 0 Å². The zero-order chi connectivity index (χ0) is 14.0. The molecule has 2 rings (SSSR count). The van der Waals surface area contributed by atoms with Gasteiger partial charge in [0.1, 0.15) is 0 Å². The quantitative estimate of drug-likeness (QED) is 0.822. The molecule has 1 fully saturated rings. The summed E-state index contributed by atoms with van der Waals surface area (Å²) in [5, 5.41) is 8.85. The van der Waals surface area contributed by atoms with Gasteiger partial charge in [0.15, 0.2) is 9.84 Å². The Morgan fingerprint density at radius 1 is 1.47 bits per heavy atom. The van der Waals surface area contributed by atoms with Gasteiger partial charge < -0.3 is 0 Å². The summed E-state index contributed by atoms with van der Waals surface area (Å²) in [5.41, 5.74) is 2.90. The Bertz CT molecular complexity index is 617. The van der Waals surface area contributed by atoms with E-state index in [1.54, 1.807) is 0 Å².